The summed E-state index contributed by atoms with van der Waals surface area (Å²) in [6, 6.07) is 9.65. The summed E-state index contributed by atoms with van der Waals surface area (Å²) in [4.78, 5) is 14.8. The Morgan fingerprint density at radius 1 is 1.21 bits per heavy atom. The van der Waals surface area contributed by atoms with E-state index in [0.717, 1.165) is 30.9 Å². The van der Waals surface area contributed by atoms with Crippen LogP contribution in [-0.2, 0) is 0 Å². The van der Waals surface area contributed by atoms with Gasteiger partial charge in [-0.1, -0.05) is 20.8 Å². The molecule has 1 amide bonds. The second-order valence-electron chi connectivity index (χ2n) is 8.19. The fourth-order valence-corrected chi connectivity index (χ4v) is 3.82. The summed E-state index contributed by atoms with van der Waals surface area (Å²) in [6.45, 7) is 9.88. The molecule has 29 heavy (non-hydrogen) atoms. The van der Waals surface area contributed by atoms with Crippen molar-refractivity contribution in [3.05, 3.63) is 47.5 Å². The lowest BCUT2D eigenvalue weighted by Crippen LogP contribution is -2.39. The number of aryl methyl sites for hydroxylation is 1. The van der Waals surface area contributed by atoms with Crippen LogP contribution in [0.1, 0.15) is 61.5 Å². The maximum Gasteiger partial charge on any atom is 0.268 e. The van der Waals surface area contributed by atoms with Crippen LogP contribution in [0.15, 0.2) is 34.7 Å². The molecule has 0 N–H and O–H groups in total. The molecule has 7 nitrogen and oxygen atoms in total. The molecular formula is C22H27N5O2. The van der Waals surface area contributed by atoms with Gasteiger partial charge in [0.25, 0.3) is 11.8 Å². The second-order valence-corrected chi connectivity index (χ2v) is 8.19. The highest BCUT2D eigenvalue weighted by Gasteiger charge is 2.22. The summed E-state index contributed by atoms with van der Waals surface area (Å²) in [7, 11) is 0. The molecule has 7 heteroatoms. The highest BCUT2D eigenvalue weighted by molar-refractivity contribution is 5.94. The second kappa shape index (κ2) is 7.81. The third-order valence-corrected chi connectivity index (χ3v) is 5.38. The Kier molecular flexibility index (Phi) is 5.22. The Morgan fingerprint density at radius 3 is 2.59 bits per heavy atom. The van der Waals surface area contributed by atoms with Gasteiger partial charge in [0.15, 0.2) is 0 Å². The van der Waals surface area contributed by atoms with Gasteiger partial charge in [0, 0.05) is 31.3 Å². The number of nitrogens with zero attached hydrogens (tertiary/aromatic N) is 5. The van der Waals surface area contributed by atoms with Gasteiger partial charge < -0.3 is 9.32 Å². The van der Waals surface area contributed by atoms with Gasteiger partial charge in [-0.05, 0) is 55.0 Å². The number of carbonyl (C=O) groups is 1. The number of piperidine rings is 1. The number of hydrogen-bond donors (Lipinski definition) is 0. The largest absolute Gasteiger partial charge is 0.420 e. The van der Waals surface area contributed by atoms with Crippen molar-refractivity contribution < 1.29 is 9.21 Å². The Labute approximate surface area is 170 Å². The molecule has 3 aromatic rings. The number of rotatable bonds is 4. The van der Waals surface area contributed by atoms with Crippen molar-refractivity contribution in [2.45, 2.75) is 46.5 Å². The van der Waals surface area contributed by atoms with E-state index in [1.807, 2.05) is 39.9 Å². The van der Waals surface area contributed by atoms with E-state index in [2.05, 4.69) is 36.1 Å². The molecule has 3 heterocycles. The molecule has 0 radical (unpaired) electrons. The third kappa shape index (κ3) is 3.95. The Balaban J connectivity index is 1.61. The summed E-state index contributed by atoms with van der Waals surface area (Å²) in [5, 5.41) is 12.7. The molecule has 1 aliphatic rings. The first-order valence-corrected chi connectivity index (χ1v) is 10.2. The number of aromatic nitrogens is 4. The summed E-state index contributed by atoms with van der Waals surface area (Å²) in [5.74, 6) is 1.85. The Morgan fingerprint density at radius 2 is 1.97 bits per heavy atom. The zero-order valence-electron chi connectivity index (χ0n) is 17.4. The van der Waals surface area contributed by atoms with Crippen molar-refractivity contribution in [1.82, 2.24) is 24.9 Å². The molecule has 2 aromatic heterocycles. The first kappa shape index (κ1) is 19.4. The topological polar surface area (TPSA) is 77.1 Å². The number of benzene rings is 1. The Hall–Kier alpha value is -2.96. The van der Waals surface area contributed by atoms with Crippen molar-refractivity contribution in [3.63, 3.8) is 0 Å². The van der Waals surface area contributed by atoms with E-state index in [0.29, 0.717) is 29.0 Å². The summed E-state index contributed by atoms with van der Waals surface area (Å²) in [5.41, 5.74) is 3.31. The van der Waals surface area contributed by atoms with Crippen LogP contribution in [0.4, 0.5) is 0 Å². The number of carbonyl (C=O) groups excluding carboxylic acids is 1. The van der Waals surface area contributed by atoms with Crippen molar-refractivity contribution in [2.75, 3.05) is 13.1 Å². The van der Waals surface area contributed by atoms with E-state index in [1.54, 1.807) is 6.92 Å². The van der Waals surface area contributed by atoms with E-state index in [9.17, 15) is 4.79 Å². The fourth-order valence-electron chi connectivity index (χ4n) is 3.82. The first-order valence-electron chi connectivity index (χ1n) is 10.2. The maximum absolute atomic E-state index is 12.8. The van der Waals surface area contributed by atoms with Gasteiger partial charge in [0.05, 0.1) is 5.69 Å². The summed E-state index contributed by atoms with van der Waals surface area (Å²) < 4.78 is 7.42. The van der Waals surface area contributed by atoms with Gasteiger partial charge in [-0.15, -0.1) is 10.2 Å². The quantitative estimate of drug-likeness (QED) is 0.663. The molecule has 1 aliphatic heterocycles. The number of likely N-dealkylation sites (tertiary alicyclic amines) is 1. The molecule has 152 valence electrons. The van der Waals surface area contributed by atoms with Gasteiger partial charge in [0.1, 0.15) is 5.69 Å². The van der Waals surface area contributed by atoms with Crippen molar-refractivity contribution in [1.29, 1.82) is 0 Å². The molecule has 1 saturated heterocycles. The zero-order valence-corrected chi connectivity index (χ0v) is 17.4. The van der Waals surface area contributed by atoms with Crippen LogP contribution in [0.2, 0.25) is 0 Å². The van der Waals surface area contributed by atoms with E-state index in [-0.39, 0.29) is 11.8 Å². The van der Waals surface area contributed by atoms with Crippen LogP contribution in [-0.4, -0.2) is 43.9 Å². The molecule has 1 atom stereocenters. The van der Waals surface area contributed by atoms with Gasteiger partial charge >= 0.3 is 0 Å². The van der Waals surface area contributed by atoms with Crippen molar-refractivity contribution >= 4 is 5.91 Å². The van der Waals surface area contributed by atoms with Gasteiger partial charge in [0.2, 0.25) is 5.89 Å². The minimum atomic E-state index is 0.106. The van der Waals surface area contributed by atoms with Gasteiger partial charge in [-0.25, -0.2) is 4.68 Å². The lowest BCUT2D eigenvalue weighted by molar-refractivity contribution is 0.0683. The predicted octanol–water partition coefficient (Wildman–Crippen LogP) is 4.23. The van der Waals surface area contributed by atoms with Crippen LogP contribution in [0.25, 0.3) is 17.3 Å². The van der Waals surface area contributed by atoms with Gasteiger partial charge in [-0.2, -0.15) is 5.10 Å². The third-order valence-electron chi connectivity index (χ3n) is 5.38. The average molecular weight is 393 g/mol. The van der Waals surface area contributed by atoms with Crippen LogP contribution in [0.5, 0.6) is 0 Å². The molecule has 1 aromatic carbocycles. The molecule has 4 rings (SSSR count). The van der Waals surface area contributed by atoms with E-state index < -0.39 is 0 Å². The van der Waals surface area contributed by atoms with E-state index >= 15 is 0 Å². The lowest BCUT2D eigenvalue weighted by Gasteiger charge is -2.31. The fraction of sp³-hybridized carbons (Fsp3) is 0.455. The minimum absolute atomic E-state index is 0.106. The highest BCUT2D eigenvalue weighted by atomic mass is 16.4. The van der Waals surface area contributed by atoms with Crippen LogP contribution < -0.4 is 0 Å². The Bertz CT molecular complexity index is 1000. The highest BCUT2D eigenvalue weighted by Crippen LogP contribution is 2.26. The predicted molar refractivity (Wildman–Crippen MR) is 110 cm³/mol. The average Bonchev–Trinajstić information content (AvgIpc) is 3.34. The summed E-state index contributed by atoms with van der Waals surface area (Å²) in [6.07, 6.45) is 2.27. The van der Waals surface area contributed by atoms with E-state index in [1.165, 1.54) is 6.42 Å². The molecule has 0 spiro atoms. The number of hydrogen-bond acceptors (Lipinski definition) is 5. The number of amides is 1. The molecule has 0 aliphatic carbocycles. The normalized spacial score (nSPS) is 17.1. The molecule has 0 bridgehead atoms. The molecular weight excluding hydrogens is 366 g/mol. The molecule has 1 fully saturated rings. The standard InChI is InChI=1S/C22H27N5O2/c1-14(2)20-12-19(21-24-23-16(4)29-21)25-27(20)18-9-7-17(8-10-18)22(28)26-11-5-6-15(3)13-26/h7-10,12,14-15H,5-6,11,13H2,1-4H3/t15-/m1/s1. The van der Waals surface area contributed by atoms with Crippen LogP contribution in [0.3, 0.4) is 0 Å². The molecule has 0 saturated carbocycles. The minimum Gasteiger partial charge on any atom is -0.420 e. The maximum atomic E-state index is 12.8. The lowest BCUT2D eigenvalue weighted by atomic mass is 9.99. The van der Waals surface area contributed by atoms with Gasteiger partial charge in [-0.3, -0.25) is 4.79 Å². The van der Waals surface area contributed by atoms with Crippen LogP contribution in [0, 0.1) is 12.8 Å². The zero-order chi connectivity index (χ0) is 20.5. The first-order chi connectivity index (χ1) is 13.9. The monoisotopic (exact) mass is 393 g/mol. The molecule has 0 unspecified atom stereocenters. The van der Waals surface area contributed by atoms with E-state index in [4.69, 9.17) is 4.42 Å². The van der Waals surface area contributed by atoms with Crippen molar-refractivity contribution in [2.24, 2.45) is 5.92 Å². The smallest absolute Gasteiger partial charge is 0.268 e. The SMILES string of the molecule is Cc1nnc(-c2cc(C(C)C)n(-c3ccc(C(=O)N4CCC[C@@H](C)C4)cc3)n2)o1. The van der Waals surface area contributed by atoms with Crippen LogP contribution >= 0.6 is 0 Å². The summed E-state index contributed by atoms with van der Waals surface area (Å²) >= 11 is 0. The van der Waals surface area contributed by atoms with Crippen molar-refractivity contribution in [3.8, 4) is 17.3 Å².